The predicted molar refractivity (Wildman–Crippen MR) is 90.4 cm³/mol. The number of sulfonamides is 1. The quantitative estimate of drug-likeness (QED) is 0.797. The van der Waals surface area contributed by atoms with Crippen molar-refractivity contribution in [1.29, 1.82) is 0 Å². The lowest BCUT2D eigenvalue weighted by Crippen LogP contribution is -2.35. The van der Waals surface area contributed by atoms with Crippen LogP contribution in [0, 0.1) is 12.7 Å². The molecule has 1 heterocycles. The van der Waals surface area contributed by atoms with Crippen molar-refractivity contribution in [1.82, 2.24) is 4.31 Å². The summed E-state index contributed by atoms with van der Waals surface area (Å²) in [5, 5.41) is 0. The monoisotopic (exact) mass is 347 g/mol. The molecule has 1 atom stereocenters. The van der Waals surface area contributed by atoms with Crippen LogP contribution in [-0.4, -0.2) is 32.1 Å². The largest absolute Gasteiger partial charge is 0.357 e. The molecule has 2 aromatic rings. The minimum atomic E-state index is -3.84. The number of benzene rings is 2. The van der Waals surface area contributed by atoms with Crippen LogP contribution in [0.25, 0.3) is 11.1 Å². The molecular weight excluding hydrogens is 329 g/mol. The Bertz CT molecular complexity index is 880. The minimum Gasteiger partial charge on any atom is -0.357 e. The fourth-order valence-corrected chi connectivity index (χ4v) is 4.48. The Balaban J connectivity index is 2.19. The first-order valence-electron chi connectivity index (χ1n) is 7.56. The zero-order chi connectivity index (χ0) is 17.3. The van der Waals surface area contributed by atoms with E-state index in [1.807, 2.05) is 6.92 Å². The molecule has 0 saturated carbocycles. The number of hydrogen-bond acceptors (Lipinski definition) is 3. The standard InChI is InChI=1S/C18H18FNO3S/c1-3-18-20(10-11-23-18)24(21,22)17-9-8-13(2)12-15(17)14-6-4-5-7-16(14)19/h3-9,12,18H,1,10-11H2,2H3. The lowest BCUT2D eigenvalue weighted by Gasteiger charge is -2.22. The van der Waals surface area contributed by atoms with Crippen LogP contribution in [0.2, 0.25) is 0 Å². The molecule has 0 aliphatic carbocycles. The molecule has 0 aromatic heterocycles. The van der Waals surface area contributed by atoms with E-state index in [4.69, 9.17) is 4.74 Å². The van der Waals surface area contributed by atoms with Gasteiger partial charge in [0.25, 0.3) is 0 Å². The molecule has 1 saturated heterocycles. The molecule has 6 heteroatoms. The predicted octanol–water partition coefficient (Wildman–Crippen LogP) is 3.33. The van der Waals surface area contributed by atoms with Gasteiger partial charge in [-0.25, -0.2) is 12.8 Å². The summed E-state index contributed by atoms with van der Waals surface area (Å²) in [5.41, 5.74) is 1.46. The third-order valence-corrected chi connectivity index (χ3v) is 5.89. The summed E-state index contributed by atoms with van der Waals surface area (Å²) in [6, 6.07) is 11.1. The molecule has 1 unspecified atom stereocenters. The van der Waals surface area contributed by atoms with Gasteiger partial charge >= 0.3 is 0 Å². The van der Waals surface area contributed by atoms with E-state index in [2.05, 4.69) is 6.58 Å². The van der Waals surface area contributed by atoms with Crippen molar-refractivity contribution < 1.29 is 17.5 Å². The summed E-state index contributed by atoms with van der Waals surface area (Å²) in [4.78, 5) is 0.0653. The summed E-state index contributed by atoms with van der Waals surface area (Å²) in [6.45, 7) is 6.00. The summed E-state index contributed by atoms with van der Waals surface area (Å²) in [5.74, 6) is -0.461. The van der Waals surface area contributed by atoms with Gasteiger partial charge in [-0.2, -0.15) is 4.31 Å². The van der Waals surface area contributed by atoms with Crippen molar-refractivity contribution in [3.05, 3.63) is 66.5 Å². The van der Waals surface area contributed by atoms with E-state index in [9.17, 15) is 12.8 Å². The summed E-state index contributed by atoms with van der Waals surface area (Å²) < 4.78 is 47.1. The number of ether oxygens (including phenoxy) is 1. The average molecular weight is 347 g/mol. The van der Waals surface area contributed by atoms with Gasteiger partial charge < -0.3 is 4.74 Å². The Morgan fingerprint density at radius 2 is 2.00 bits per heavy atom. The number of rotatable bonds is 4. The maximum atomic E-state index is 14.2. The molecule has 1 aliphatic rings. The van der Waals surface area contributed by atoms with Gasteiger partial charge in [-0.05, 0) is 31.2 Å². The molecule has 0 bridgehead atoms. The zero-order valence-corrected chi connectivity index (χ0v) is 14.1. The Labute approximate surface area is 141 Å². The highest BCUT2D eigenvalue weighted by atomic mass is 32.2. The number of nitrogens with zero attached hydrogens (tertiary/aromatic N) is 1. The first-order chi connectivity index (χ1) is 11.4. The van der Waals surface area contributed by atoms with Crippen LogP contribution < -0.4 is 0 Å². The second kappa shape index (κ2) is 6.47. The van der Waals surface area contributed by atoms with Crippen molar-refractivity contribution in [2.24, 2.45) is 0 Å². The molecule has 4 nitrogen and oxygen atoms in total. The third kappa shape index (κ3) is 2.88. The second-order valence-electron chi connectivity index (χ2n) is 5.59. The maximum absolute atomic E-state index is 14.2. The van der Waals surface area contributed by atoms with Gasteiger partial charge in [0.2, 0.25) is 10.0 Å². The first-order valence-corrected chi connectivity index (χ1v) is 9.00. The van der Waals surface area contributed by atoms with E-state index >= 15 is 0 Å². The fourth-order valence-electron chi connectivity index (χ4n) is 2.80. The smallest absolute Gasteiger partial charge is 0.246 e. The number of aryl methyl sites for hydroxylation is 1. The average Bonchev–Trinajstić information content (AvgIpc) is 3.04. The van der Waals surface area contributed by atoms with E-state index in [1.54, 1.807) is 30.3 Å². The Morgan fingerprint density at radius 3 is 2.71 bits per heavy atom. The molecule has 24 heavy (non-hydrogen) atoms. The molecule has 2 aromatic carbocycles. The Hall–Kier alpha value is -2.02. The van der Waals surface area contributed by atoms with E-state index < -0.39 is 22.1 Å². The van der Waals surface area contributed by atoms with Crippen LogP contribution in [0.4, 0.5) is 4.39 Å². The van der Waals surface area contributed by atoms with E-state index in [0.717, 1.165) is 5.56 Å². The van der Waals surface area contributed by atoms with Crippen LogP contribution >= 0.6 is 0 Å². The van der Waals surface area contributed by atoms with Crippen LogP contribution in [0.3, 0.4) is 0 Å². The van der Waals surface area contributed by atoms with E-state index in [0.29, 0.717) is 12.2 Å². The number of hydrogen-bond donors (Lipinski definition) is 0. The minimum absolute atomic E-state index is 0.0653. The summed E-state index contributed by atoms with van der Waals surface area (Å²) in [6.07, 6.45) is 0.742. The zero-order valence-electron chi connectivity index (χ0n) is 13.3. The SMILES string of the molecule is C=CC1OCCN1S(=O)(=O)c1ccc(C)cc1-c1ccccc1F. The maximum Gasteiger partial charge on any atom is 0.246 e. The molecule has 0 N–H and O–H groups in total. The van der Waals surface area contributed by atoms with Gasteiger partial charge in [0.05, 0.1) is 11.5 Å². The van der Waals surface area contributed by atoms with Crippen molar-refractivity contribution in [3.63, 3.8) is 0 Å². The molecule has 126 valence electrons. The van der Waals surface area contributed by atoms with Crippen molar-refractivity contribution >= 4 is 10.0 Å². The highest BCUT2D eigenvalue weighted by molar-refractivity contribution is 7.89. The molecular formula is C18H18FNO3S. The van der Waals surface area contributed by atoms with Crippen LogP contribution in [0.15, 0.2) is 60.0 Å². The fraction of sp³-hybridized carbons (Fsp3) is 0.222. The van der Waals surface area contributed by atoms with Crippen LogP contribution in [0.1, 0.15) is 5.56 Å². The Morgan fingerprint density at radius 1 is 1.25 bits per heavy atom. The summed E-state index contributed by atoms with van der Waals surface area (Å²) >= 11 is 0. The third-order valence-electron chi connectivity index (χ3n) is 3.97. The lowest BCUT2D eigenvalue weighted by atomic mass is 10.0. The molecule has 3 rings (SSSR count). The normalized spacial score (nSPS) is 18.7. The van der Waals surface area contributed by atoms with Gasteiger partial charge in [-0.15, -0.1) is 0 Å². The van der Waals surface area contributed by atoms with Crippen molar-refractivity contribution in [3.8, 4) is 11.1 Å². The molecule has 1 aliphatic heterocycles. The van der Waals surface area contributed by atoms with Gasteiger partial charge in [-0.1, -0.05) is 36.4 Å². The van der Waals surface area contributed by atoms with E-state index in [-0.39, 0.29) is 17.0 Å². The second-order valence-corrected chi connectivity index (χ2v) is 7.45. The highest BCUT2D eigenvalue weighted by Gasteiger charge is 2.36. The van der Waals surface area contributed by atoms with Gasteiger partial charge in [0.1, 0.15) is 12.0 Å². The van der Waals surface area contributed by atoms with Gasteiger partial charge in [0.15, 0.2) is 0 Å². The van der Waals surface area contributed by atoms with Gasteiger partial charge in [0, 0.05) is 17.7 Å². The molecule has 0 radical (unpaired) electrons. The molecule has 0 spiro atoms. The van der Waals surface area contributed by atoms with E-state index in [1.165, 1.54) is 22.5 Å². The topological polar surface area (TPSA) is 46.6 Å². The molecule has 1 fully saturated rings. The highest BCUT2D eigenvalue weighted by Crippen LogP contribution is 2.33. The van der Waals surface area contributed by atoms with Crippen LogP contribution in [0.5, 0.6) is 0 Å². The molecule has 0 amide bonds. The Kier molecular flexibility index (Phi) is 4.54. The van der Waals surface area contributed by atoms with Gasteiger partial charge in [-0.3, -0.25) is 0 Å². The first kappa shape index (κ1) is 16.8. The van der Waals surface area contributed by atoms with Crippen molar-refractivity contribution in [2.45, 2.75) is 18.0 Å². The van der Waals surface area contributed by atoms with Crippen LogP contribution in [-0.2, 0) is 14.8 Å². The van der Waals surface area contributed by atoms with Crippen molar-refractivity contribution in [2.75, 3.05) is 13.2 Å². The summed E-state index contributed by atoms with van der Waals surface area (Å²) in [7, 11) is -3.84. The number of halogens is 1. The lowest BCUT2D eigenvalue weighted by molar-refractivity contribution is 0.108.